The average molecular weight is 529 g/mol. The number of alkyl carbamates (subject to hydrolysis) is 1. The lowest BCUT2D eigenvalue weighted by Crippen LogP contribution is -2.39. The van der Waals surface area contributed by atoms with E-state index in [1.165, 1.54) is 0 Å². The van der Waals surface area contributed by atoms with Gasteiger partial charge in [-0.25, -0.2) is 4.79 Å². The molecule has 8 heteroatoms. The third-order valence-corrected chi connectivity index (χ3v) is 9.84. The van der Waals surface area contributed by atoms with Crippen LogP contribution in [0.1, 0.15) is 57.1 Å². The van der Waals surface area contributed by atoms with E-state index in [0.29, 0.717) is 32.2 Å². The Bertz CT molecular complexity index is 1020. The van der Waals surface area contributed by atoms with E-state index < -0.39 is 19.2 Å². The predicted molar refractivity (Wildman–Crippen MR) is 147 cm³/mol. The van der Waals surface area contributed by atoms with Crippen molar-refractivity contribution in [1.82, 2.24) is 10.6 Å². The number of rotatable bonds is 14. The van der Waals surface area contributed by atoms with Crippen molar-refractivity contribution >= 4 is 19.4 Å². The number of carbonyl (C=O) groups excluding carboxylic acids is 2. The summed E-state index contributed by atoms with van der Waals surface area (Å²) in [7, 11) is -2.96. The molecule has 202 valence electrons. The molecule has 0 spiro atoms. The van der Waals surface area contributed by atoms with Crippen molar-refractivity contribution in [2.24, 2.45) is 11.8 Å². The van der Waals surface area contributed by atoms with E-state index in [9.17, 15) is 14.2 Å². The molecule has 3 atom stereocenters. The van der Waals surface area contributed by atoms with Crippen molar-refractivity contribution in [2.75, 3.05) is 19.3 Å². The highest BCUT2D eigenvalue weighted by molar-refractivity contribution is 7.60. The van der Waals surface area contributed by atoms with Crippen LogP contribution in [-0.4, -0.2) is 37.1 Å². The maximum absolute atomic E-state index is 13.7. The van der Waals surface area contributed by atoms with Crippen LogP contribution in [-0.2, 0) is 31.6 Å². The van der Waals surface area contributed by atoms with Crippen LogP contribution in [0, 0.1) is 11.8 Å². The Hall–Kier alpha value is -2.63. The molecule has 0 radical (unpaired) electrons. The Morgan fingerprint density at radius 2 is 1.68 bits per heavy atom. The molecule has 1 aliphatic rings. The Labute approximate surface area is 221 Å². The van der Waals surface area contributed by atoms with Crippen molar-refractivity contribution in [3.05, 3.63) is 71.8 Å². The van der Waals surface area contributed by atoms with E-state index in [0.717, 1.165) is 36.8 Å². The second kappa shape index (κ2) is 14.9. The Morgan fingerprint density at radius 3 is 2.35 bits per heavy atom. The first-order valence-corrected chi connectivity index (χ1v) is 15.2. The van der Waals surface area contributed by atoms with Crippen LogP contribution < -0.4 is 10.6 Å². The number of unbranched alkanes of at least 4 members (excludes halogenated alkanes) is 2. The standard InChI is InChI=1S/C29H41N2O5P/c1-23(2)28(31-27(32)18-17-24-12-6-3-7-13-24)37(34)22-26(21-36-37)16-10-5-11-19-30-29(33)35-20-25-14-8-4-9-15-25/h3-4,6-9,12-15,23,26,28H,5,10-11,16-22H2,1-2H3,(H,30,33)(H,31,32)/t26-,28+,37?/m0/s1. The zero-order chi connectivity index (χ0) is 26.5. The number of hydrogen-bond donors (Lipinski definition) is 2. The number of nitrogens with one attached hydrogen (secondary N) is 2. The van der Waals surface area contributed by atoms with Crippen LogP contribution in [0.5, 0.6) is 0 Å². The zero-order valence-electron chi connectivity index (χ0n) is 22.1. The Kier molecular flexibility index (Phi) is 11.7. The largest absolute Gasteiger partial charge is 0.445 e. The number of carbonyl (C=O) groups is 2. The lowest BCUT2D eigenvalue weighted by atomic mass is 10.0. The molecular formula is C29H41N2O5P. The summed E-state index contributed by atoms with van der Waals surface area (Å²) in [6.07, 6.45) is 4.86. The molecule has 1 saturated heterocycles. The van der Waals surface area contributed by atoms with Gasteiger partial charge in [-0.2, -0.15) is 0 Å². The van der Waals surface area contributed by atoms with Crippen molar-refractivity contribution in [1.29, 1.82) is 0 Å². The maximum Gasteiger partial charge on any atom is 0.407 e. The van der Waals surface area contributed by atoms with Crippen LogP contribution >= 0.6 is 7.37 Å². The SMILES string of the molecule is CC(C)[C@H](NC(=O)CCc1ccccc1)P1(=O)C[C@@H](CCCCCNC(=O)OCc2ccccc2)CO1. The summed E-state index contributed by atoms with van der Waals surface area (Å²) >= 11 is 0. The molecule has 1 heterocycles. The third-order valence-electron chi connectivity index (χ3n) is 6.66. The summed E-state index contributed by atoms with van der Waals surface area (Å²) in [6, 6.07) is 19.5. The minimum atomic E-state index is -2.96. The molecule has 0 bridgehead atoms. The first kappa shape index (κ1) is 28.9. The summed E-state index contributed by atoms with van der Waals surface area (Å²) in [6.45, 7) is 5.27. The van der Waals surface area contributed by atoms with Crippen LogP contribution in [0.15, 0.2) is 60.7 Å². The highest BCUT2D eigenvalue weighted by atomic mass is 31.2. The van der Waals surface area contributed by atoms with Crippen molar-refractivity contribution in [3.8, 4) is 0 Å². The van der Waals surface area contributed by atoms with E-state index in [4.69, 9.17) is 9.26 Å². The van der Waals surface area contributed by atoms with Gasteiger partial charge in [-0.15, -0.1) is 0 Å². The normalized spacial score (nSPS) is 19.9. The van der Waals surface area contributed by atoms with Crippen molar-refractivity contribution in [3.63, 3.8) is 0 Å². The van der Waals surface area contributed by atoms with Gasteiger partial charge in [0.1, 0.15) is 12.4 Å². The van der Waals surface area contributed by atoms with Gasteiger partial charge in [-0.05, 0) is 42.2 Å². The highest BCUT2D eigenvalue weighted by Gasteiger charge is 2.44. The van der Waals surface area contributed by atoms with Gasteiger partial charge >= 0.3 is 6.09 Å². The van der Waals surface area contributed by atoms with Gasteiger partial charge < -0.3 is 19.9 Å². The molecule has 0 saturated carbocycles. The average Bonchev–Trinajstić information content (AvgIpc) is 3.29. The molecule has 1 fully saturated rings. The van der Waals surface area contributed by atoms with Gasteiger partial charge in [0.15, 0.2) is 0 Å². The highest BCUT2D eigenvalue weighted by Crippen LogP contribution is 2.59. The van der Waals surface area contributed by atoms with E-state index in [2.05, 4.69) is 10.6 Å². The van der Waals surface area contributed by atoms with E-state index in [1.807, 2.05) is 74.5 Å². The summed E-state index contributed by atoms with van der Waals surface area (Å²) in [5.41, 5.74) is 2.07. The summed E-state index contributed by atoms with van der Waals surface area (Å²) < 4.78 is 24.7. The topological polar surface area (TPSA) is 93.7 Å². The summed E-state index contributed by atoms with van der Waals surface area (Å²) in [4.78, 5) is 24.4. The maximum atomic E-state index is 13.7. The fourth-order valence-corrected chi connectivity index (χ4v) is 7.84. The molecule has 0 aliphatic carbocycles. The van der Waals surface area contributed by atoms with Gasteiger partial charge in [0.25, 0.3) is 0 Å². The minimum absolute atomic E-state index is 0.0259. The monoisotopic (exact) mass is 528 g/mol. The van der Waals surface area contributed by atoms with Crippen LogP contribution in [0.2, 0.25) is 0 Å². The number of aryl methyl sites for hydroxylation is 1. The number of ether oxygens (including phenoxy) is 1. The van der Waals surface area contributed by atoms with Crippen molar-refractivity contribution < 1.29 is 23.4 Å². The zero-order valence-corrected chi connectivity index (χ0v) is 23.0. The molecule has 2 amide bonds. The van der Waals surface area contributed by atoms with Crippen LogP contribution in [0.3, 0.4) is 0 Å². The minimum Gasteiger partial charge on any atom is -0.445 e. The molecule has 37 heavy (non-hydrogen) atoms. The van der Waals surface area contributed by atoms with E-state index >= 15 is 0 Å². The fourth-order valence-electron chi connectivity index (χ4n) is 4.62. The second-order valence-electron chi connectivity index (χ2n) is 10.2. The van der Waals surface area contributed by atoms with Gasteiger partial charge in [-0.1, -0.05) is 87.4 Å². The predicted octanol–water partition coefficient (Wildman–Crippen LogP) is 6.13. The molecule has 1 unspecified atom stereocenters. The Morgan fingerprint density at radius 1 is 1.00 bits per heavy atom. The molecule has 2 aromatic carbocycles. The molecule has 3 rings (SSSR count). The molecule has 2 N–H and O–H groups in total. The summed E-state index contributed by atoms with van der Waals surface area (Å²) in [5.74, 6) is -0.276. The molecule has 7 nitrogen and oxygen atoms in total. The second-order valence-corrected chi connectivity index (χ2v) is 12.8. The first-order chi connectivity index (χ1) is 17.9. The van der Waals surface area contributed by atoms with Gasteiger partial charge in [0, 0.05) is 19.1 Å². The lowest BCUT2D eigenvalue weighted by molar-refractivity contribution is -0.121. The first-order valence-electron chi connectivity index (χ1n) is 13.4. The molecule has 0 aromatic heterocycles. The molecule has 2 aromatic rings. The fraction of sp³-hybridized carbons (Fsp3) is 0.517. The van der Waals surface area contributed by atoms with Crippen molar-refractivity contribution in [2.45, 2.75) is 64.8 Å². The molecule has 1 aliphatic heterocycles. The molecular weight excluding hydrogens is 487 g/mol. The smallest absolute Gasteiger partial charge is 0.407 e. The number of hydrogen-bond acceptors (Lipinski definition) is 5. The van der Waals surface area contributed by atoms with Crippen LogP contribution in [0.25, 0.3) is 0 Å². The van der Waals surface area contributed by atoms with E-state index in [1.54, 1.807) is 0 Å². The number of amides is 2. The third kappa shape index (κ3) is 9.98. The Balaban J connectivity index is 1.31. The lowest BCUT2D eigenvalue weighted by Gasteiger charge is -2.27. The van der Waals surface area contributed by atoms with Gasteiger partial charge in [0.05, 0.1) is 6.61 Å². The summed E-state index contributed by atoms with van der Waals surface area (Å²) in [5, 5.41) is 5.82. The van der Waals surface area contributed by atoms with Crippen LogP contribution in [0.4, 0.5) is 4.79 Å². The quantitative estimate of drug-likeness (QED) is 0.227. The van der Waals surface area contributed by atoms with E-state index in [-0.39, 0.29) is 24.3 Å². The van der Waals surface area contributed by atoms with Gasteiger partial charge in [-0.3, -0.25) is 9.36 Å². The number of benzene rings is 2. The van der Waals surface area contributed by atoms with Gasteiger partial charge in [0.2, 0.25) is 13.3 Å².